The second-order valence-electron chi connectivity index (χ2n) is 3.48. The molecule has 0 atom stereocenters. The van der Waals surface area contributed by atoms with Crippen LogP contribution in [-0.2, 0) is 6.54 Å². The molecule has 0 saturated heterocycles. The molecule has 0 N–H and O–H groups in total. The van der Waals surface area contributed by atoms with Crippen LogP contribution in [0.2, 0.25) is 0 Å². The molecule has 0 saturated carbocycles. The van der Waals surface area contributed by atoms with Gasteiger partial charge in [0.15, 0.2) is 0 Å². The Morgan fingerprint density at radius 2 is 2.00 bits per heavy atom. The first-order valence-corrected chi connectivity index (χ1v) is 4.83. The molecule has 15 heavy (non-hydrogen) atoms. The smallest absolute Gasteiger partial charge is 0.253 e. The Bertz CT molecular complexity index is 503. The van der Waals surface area contributed by atoms with E-state index in [0.29, 0.717) is 6.54 Å². The Morgan fingerprint density at radius 3 is 2.67 bits per heavy atom. The molecular formula is C12H12N2O. The third-order valence-electron chi connectivity index (χ3n) is 2.21. The Labute approximate surface area is 88.0 Å². The van der Waals surface area contributed by atoms with Crippen molar-refractivity contribution in [2.24, 2.45) is 0 Å². The molecule has 0 unspecified atom stereocenters. The largest absolute Gasteiger partial charge is 0.295 e. The Morgan fingerprint density at radius 1 is 1.27 bits per heavy atom. The molecular weight excluding hydrogens is 188 g/mol. The second-order valence-corrected chi connectivity index (χ2v) is 3.48. The van der Waals surface area contributed by atoms with Crippen molar-refractivity contribution < 1.29 is 0 Å². The lowest BCUT2D eigenvalue weighted by molar-refractivity contribution is 0.730. The van der Waals surface area contributed by atoms with Crippen molar-refractivity contribution in [3.8, 4) is 0 Å². The van der Waals surface area contributed by atoms with Crippen LogP contribution in [0.3, 0.4) is 0 Å². The maximum atomic E-state index is 11.6. The molecule has 1 heterocycles. The fourth-order valence-corrected chi connectivity index (χ4v) is 1.42. The summed E-state index contributed by atoms with van der Waals surface area (Å²) in [5, 5.41) is 0. The zero-order chi connectivity index (χ0) is 10.7. The van der Waals surface area contributed by atoms with E-state index in [2.05, 4.69) is 4.98 Å². The molecule has 0 aliphatic rings. The van der Waals surface area contributed by atoms with Gasteiger partial charge in [0, 0.05) is 11.8 Å². The summed E-state index contributed by atoms with van der Waals surface area (Å²) in [4.78, 5) is 15.7. The molecule has 3 heteroatoms. The first-order valence-electron chi connectivity index (χ1n) is 4.83. The summed E-state index contributed by atoms with van der Waals surface area (Å²) in [6, 6.07) is 11.4. The van der Waals surface area contributed by atoms with Crippen LogP contribution in [0.15, 0.2) is 47.5 Å². The summed E-state index contributed by atoms with van der Waals surface area (Å²) in [5.74, 6) is 0. The standard InChI is InChI=1S/C12H12N2O/c1-10-7-12(15)14(9-13-10)8-11-5-3-2-4-6-11/h2-7,9H,8H2,1H3. The molecule has 0 spiro atoms. The number of benzene rings is 1. The van der Waals surface area contributed by atoms with Gasteiger partial charge in [0.1, 0.15) is 0 Å². The number of rotatable bonds is 2. The highest BCUT2D eigenvalue weighted by Gasteiger charge is 1.97. The average molecular weight is 200 g/mol. The van der Waals surface area contributed by atoms with Crippen molar-refractivity contribution in [1.82, 2.24) is 9.55 Å². The Kier molecular flexibility index (Phi) is 2.63. The van der Waals surface area contributed by atoms with Crippen LogP contribution in [0.4, 0.5) is 0 Å². The predicted octanol–water partition coefficient (Wildman–Crippen LogP) is 1.60. The van der Waals surface area contributed by atoms with Gasteiger partial charge in [-0.25, -0.2) is 4.98 Å². The number of hydrogen-bond acceptors (Lipinski definition) is 2. The lowest BCUT2D eigenvalue weighted by Crippen LogP contribution is -2.20. The highest BCUT2D eigenvalue weighted by Crippen LogP contribution is 1.99. The molecule has 1 aromatic heterocycles. The van der Waals surface area contributed by atoms with Crippen LogP contribution < -0.4 is 5.56 Å². The third kappa shape index (κ3) is 2.31. The topological polar surface area (TPSA) is 34.9 Å². The molecule has 0 amide bonds. The fraction of sp³-hybridized carbons (Fsp3) is 0.167. The SMILES string of the molecule is Cc1cc(=O)n(Cc2ccccc2)cn1. The maximum Gasteiger partial charge on any atom is 0.253 e. The molecule has 0 radical (unpaired) electrons. The highest BCUT2D eigenvalue weighted by molar-refractivity contribution is 5.15. The van der Waals surface area contributed by atoms with Crippen LogP contribution >= 0.6 is 0 Å². The van der Waals surface area contributed by atoms with Crippen LogP contribution in [0.5, 0.6) is 0 Å². The van der Waals surface area contributed by atoms with E-state index in [1.165, 1.54) is 0 Å². The summed E-state index contributed by atoms with van der Waals surface area (Å²) < 4.78 is 1.60. The van der Waals surface area contributed by atoms with E-state index in [1.54, 1.807) is 17.0 Å². The Balaban J connectivity index is 2.29. The van der Waals surface area contributed by atoms with Gasteiger partial charge in [-0.15, -0.1) is 0 Å². The highest BCUT2D eigenvalue weighted by atomic mass is 16.1. The van der Waals surface area contributed by atoms with Gasteiger partial charge in [-0.05, 0) is 12.5 Å². The van der Waals surface area contributed by atoms with Gasteiger partial charge in [-0.1, -0.05) is 30.3 Å². The minimum atomic E-state index is -0.00801. The zero-order valence-electron chi connectivity index (χ0n) is 8.55. The monoisotopic (exact) mass is 200 g/mol. The van der Waals surface area contributed by atoms with Crippen molar-refractivity contribution in [3.05, 3.63) is 64.3 Å². The first-order chi connectivity index (χ1) is 7.25. The van der Waals surface area contributed by atoms with Crippen molar-refractivity contribution in [2.75, 3.05) is 0 Å². The van der Waals surface area contributed by atoms with E-state index in [4.69, 9.17) is 0 Å². The third-order valence-corrected chi connectivity index (χ3v) is 2.21. The number of aryl methyl sites for hydroxylation is 1. The van der Waals surface area contributed by atoms with Crippen molar-refractivity contribution >= 4 is 0 Å². The minimum absolute atomic E-state index is 0.00801. The van der Waals surface area contributed by atoms with Gasteiger partial charge in [0.05, 0.1) is 12.9 Å². The van der Waals surface area contributed by atoms with Gasteiger partial charge in [-0.2, -0.15) is 0 Å². The van der Waals surface area contributed by atoms with E-state index in [9.17, 15) is 4.79 Å². The minimum Gasteiger partial charge on any atom is -0.295 e. The number of aromatic nitrogens is 2. The summed E-state index contributed by atoms with van der Waals surface area (Å²) in [7, 11) is 0. The predicted molar refractivity (Wildman–Crippen MR) is 58.8 cm³/mol. The van der Waals surface area contributed by atoms with Crippen LogP contribution in [0.1, 0.15) is 11.3 Å². The summed E-state index contributed by atoms with van der Waals surface area (Å²) in [6.07, 6.45) is 1.59. The molecule has 2 aromatic rings. The summed E-state index contributed by atoms with van der Waals surface area (Å²) in [6.45, 7) is 2.39. The van der Waals surface area contributed by atoms with Gasteiger partial charge >= 0.3 is 0 Å². The van der Waals surface area contributed by atoms with Gasteiger partial charge in [-0.3, -0.25) is 9.36 Å². The number of hydrogen-bond donors (Lipinski definition) is 0. The molecule has 3 nitrogen and oxygen atoms in total. The normalized spacial score (nSPS) is 10.2. The van der Waals surface area contributed by atoms with Crippen LogP contribution in [0.25, 0.3) is 0 Å². The fourth-order valence-electron chi connectivity index (χ4n) is 1.42. The summed E-state index contributed by atoms with van der Waals surface area (Å²) in [5.41, 5.74) is 1.85. The van der Waals surface area contributed by atoms with E-state index in [0.717, 1.165) is 11.3 Å². The molecule has 1 aromatic carbocycles. The molecule has 0 aliphatic heterocycles. The van der Waals surface area contributed by atoms with Crippen molar-refractivity contribution in [2.45, 2.75) is 13.5 Å². The summed E-state index contributed by atoms with van der Waals surface area (Å²) >= 11 is 0. The zero-order valence-corrected chi connectivity index (χ0v) is 8.55. The number of nitrogens with zero attached hydrogens (tertiary/aromatic N) is 2. The molecule has 76 valence electrons. The lowest BCUT2D eigenvalue weighted by Gasteiger charge is -2.04. The van der Waals surface area contributed by atoms with Gasteiger partial charge in [0.25, 0.3) is 5.56 Å². The quantitative estimate of drug-likeness (QED) is 0.738. The van der Waals surface area contributed by atoms with Crippen LogP contribution in [-0.4, -0.2) is 9.55 Å². The van der Waals surface area contributed by atoms with Crippen LogP contribution in [0, 0.1) is 6.92 Å². The molecule has 2 rings (SSSR count). The van der Waals surface area contributed by atoms with Crippen molar-refractivity contribution in [3.63, 3.8) is 0 Å². The van der Waals surface area contributed by atoms with E-state index in [-0.39, 0.29) is 5.56 Å². The average Bonchev–Trinajstić information content (AvgIpc) is 2.24. The maximum absolute atomic E-state index is 11.6. The van der Waals surface area contributed by atoms with E-state index in [1.807, 2.05) is 37.3 Å². The lowest BCUT2D eigenvalue weighted by atomic mass is 10.2. The van der Waals surface area contributed by atoms with Gasteiger partial charge in [0.2, 0.25) is 0 Å². The van der Waals surface area contributed by atoms with Gasteiger partial charge < -0.3 is 0 Å². The van der Waals surface area contributed by atoms with E-state index < -0.39 is 0 Å². The molecule has 0 bridgehead atoms. The first kappa shape index (κ1) is 9.65. The second kappa shape index (κ2) is 4.09. The van der Waals surface area contributed by atoms with Crippen molar-refractivity contribution in [1.29, 1.82) is 0 Å². The molecule has 0 fully saturated rings. The molecule has 0 aliphatic carbocycles. The van der Waals surface area contributed by atoms with E-state index >= 15 is 0 Å². The Hall–Kier alpha value is -1.90.